The molecule has 0 aliphatic rings. The fraction of sp³-hybridized carbons (Fsp3) is 0.562. The van der Waals surface area contributed by atoms with Crippen LogP contribution in [0.15, 0.2) is 36.0 Å². The number of esters is 1. The molecule has 18 heavy (non-hydrogen) atoms. The molecule has 0 rings (SSSR count). The van der Waals surface area contributed by atoms with Crippen molar-refractivity contribution < 1.29 is 9.53 Å². The van der Waals surface area contributed by atoms with Gasteiger partial charge in [0.15, 0.2) is 0 Å². The Bertz CT molecular complexity index is 296. The molecule has 2 nitrogen and oxygen atoms in total. The SMILES string of the molecule is C=C/C(C)=C(\C=C/CCC)C(=O)OC(C)C.CC. The van der Waals surface area contributed by atoms with E-state index in [2.05, 4.69) is 13.5 Å². The smallest absolute Gasteiger partial charge is 0.338 e. The van der Waals surface area contributed by atoms with Gasteiger partial charge in [-0.25, -0.2) is 4.79 Å². The molecule has 0 saturated heterocycles. The highest BCUT2D eigenvalue weighted by atomic mass is 16.5. The van der Waals surface area contributed by atoms with E-state index in [1.807, 2.05) is 46.8 Å². The van der Waals surface area contributed by atoms with Crippen molar-refractivity contribution in [1.29, 1.82) is 0 Å². The molecule has 0 unspecified atom stereocenters. The van der Waals surface area contributed by atoms with E-state index < -0.39 is 0 Å². The molecule has 0 aliphatic heterocycles. The largest absolute Gasteiger partial charge is 0.459 e. The first kappa shape index (κ1) is 19.0. The number of rotatable bonds is 6. The lowest BCUT2D eigenvalue weighted by molar-refractivity contribution is -0.142. The van der Waals surface area contributed by atoms with Gasteiger partial charge < -0.3 is 4.74 Å². The number of hydrogen-bond donors (Lipinski definition) is 0. The molecule has 0 spiro atoms. The number of hydrogen-bond acceptors (Lipinski definition) is 2. The van der Waals surface area contributed by atoms with Gasteiger partial charge in [-0.3, -0.25) is 0 Å². The molecule has 0 aromatic heterocycles. The van der Waals surface area contributed by atoms with Gasteiger partial charge in [-0.05, 0) is 32.8 Å². The zero-order valence-electron chi connectivity index (χ0n) is 12.7. The van der Waals surface area contributed by atoms with Gasteiger partial charge in [0, 0.05) is 0 Å². The normalized spacial score (nSPS) is 11.7. The van der Waals surface area contributed by atoms with Crippen LogP contribution in [0.3, 0.4) is 0 Å². The molecule has 0 radical (unpaired) electrons. The lowest BCUT2D eigenvalue weighted by Crippen LogP contribution is -2.13. The van der Waals surface area contributed by atoms with Crippen molar-refractivity contribution in [3.05, 3.63) is 36.0 Å². The zero-order valence-corrected chi connectivity index (χ0v) is 12.7. The maximum Gasteiger partial charge on any atom is 0.338 e. The molecule has 2 heteroatoms. The summed E-state index contributed by atoms with van der Waals surface area (Å²) in [5.74, 6) is -0.278. The van der Waals surface area contributed by atoms with Crippen molar-refractivity contribution in [2.75, 3.05) is 0 Å². The molecule has 104 valence electrons. The van der Waals surface area contributed by atoms with Crippen LogP contribution >= 0.6 is 0 Å². The highest BCUT2D eigenvalue weighted by molar-refractivity contribution is 5.93. The highest BCUT2D eigenvalue weighted by Gasteiger charge is 2.11. The average molecular weight is 252 g/mol. The van der Waals surface area contributed by atoms with Gasteiger partial charge in [-0.15, -0.1) is 0 Å². The molecule has 0 amide bonds. The fourth-order valence-electron chi connectivity index (χ4n) is 1.12. The van der Waals surface area contributed by atoms with Gasteiger partial charge in [0.25, 0.3) is 0 Å². The maximum atomic E-state index is 11.8. The van der Waals surface area contributed by atoms with Gasteiger partial charge in [0.1, 0.15) is 0 Å². The Morgan fingerprint density at radius 3 is 2.28 bits per heavy atom. The third-order valence-electron chi connectivity index (χ3n) is 2.03. The molecule has 0 saturated carbocycles. The summed E-state index contributed by atoms with van der Waals surface area (Å²) in [6.45, 7) is 15.3. The van der Waals surface area contributed by atoms with Crippen molar-refractivity contribution in [2.45, 2.75) is 60.5 Å². The molecule has 0 atom stereocenters. The summed E-state index contributed by atoms with van der Waals surface area (Å²) in [5, 5.41) is 0. The van der Waals surface area contributed by atoms with Gasteiger partial charge in [0.2, 0.25) is 0 Å². The standard InChI is InChI=1S/C14H22O2.C2H6/c1-6-8-9-10-13(12(5)7-2)14(15)16-11(3)4;1-2/h7,9-11H,2,6,8H2,1,3-5H3;1-2H3/b10-9-,13-12+;. The van der Waals surface area contributed by atoms with Crippen LogP contribution in [0.1, 0.15) is 54.4 Å². The van der Waals surface area contributed by atoms with E-state index in [9.17, 15) is 4.79 Å². The Balaban J connectivity index is 0. The van der Waals surface area contributed by atoms with E-state index in [1.54, 1.807) is 6.08 Å². The monoisotopic (exact) mass is 252 g/mol. The van der Waals surface area contributed by atoms with E-state index in [4.69, 9.17) is 4.74 Å². The van der Waals surface area contributed by atoms with Crippen LogP contribution in [0.2, 0.25) is 0 Å². The first-order valence-electron chi connectivity index (χ1n) is 6.73. The fourth-order valence-corrected chi connectivity index (χ4v) is 1.12. The first-order valence-corrected chi connectivity index (χ1v) is 6.73. The van der Waals surface area contributed by atoms with Gasteiger partial charge in [0.05, 0.1) is 11.7 Å². The number of carbonyl (C=O) groups is 1. The predicted molar refractivity (Wildman–Crippen MR) is 79.5 cm³/mol. The Labute approximate surface area is 112 Å². The van der Waals surface area contributed by atoms with Gasteiger partial charge >= 0.3 is 5.97 Å². The minimum atomic E-state index is -0.278. The van der Waals surface area contributed by atoms with E-state index in [0.29, 0.717) is 5.57 Å². The van der Waals surface area contributed by atoms with E-state index in [1.165, 1.54) is 0 Å². The van der Waals surface area contributed by atoms with Crippen LogP contribution in [-0.2, 0) is 9.53 Å². The number of ether oxygens (including phenoxy) is 1. The summed E-state index contributed by atoms with van der Waals surface area (Å²) >= 11 is 0. The Kier molecular flexibility index (Phi) is 12.9. The van der Waals surface area contributed by atoms with E-state index in [0.717, 1.165) is 18.4 Å². The third kappa shape index (κ3) is 8.80. The molecular formula is C16H28O2. The number of allylic oxidation sites excluding steroid dienone is 3. The lowest BCUT2D eigenvalue weighted by atomic mass is 10.1. The molecule has 0 aromatic rings. The number of carbonyl (C=O) groups excluding carboxylic acids is 1. The minimum absolute atomic E-state index is 0.0975. The summed E-state index contributed by atoms with van der Waals surface area (Å²) < 4.78 is 5.17. The second kappa shape index (κ2) is 12.2. The highest BCUT2D eigenvalue weighted by Crippen LogP contribution is 2.11. The van der Waals surface area contributed by atoms with Crippen LogP contribution < -0.4 is 0 Å². The second-order valence-corrected chi connectivity index (χ2v) is 3.95. The van der Waals surface area contributed by atoms with Crippen LogP contribution in [-0.4, -0.2) is 12.1 Å². The predicted octanol–water partition coefficient (Wildman–Crippen LogP) is 4.82. The van der Waals surface area contributed by atoms with Crippen LogP contribution in [0, 0.1) is 0 Å². The van der Waals surface area contributed by atoms with Crippen LogP contribution in [0.5, 0.6) is 0 Å². The van der Waals surface area contributed by atoms with Crippen molar-refractivity contribution >= 4 is 5.97 Å². The quantitative estimate of drug-likeness (QED) is 0.385. The Morgan fingerprint density at radius 2 is 1.89 bits per heavy atom. The second-order valence-electron chi connectivity index (χ2n) is 3.95. The molecular weight excluding hydrogens is 224 g/mol. The molecule has 0 bridgehead atoms. The topological polar surface area (TPSA) is 26.3 Å². The summed E-state index contributed by atoms with van der Waals surface area (Å²) in [6.07, 6.45) is 7.42. The molecule has 0 aromatic carbocycles. The third-order valence-corrected chi connectivity index (χ3v) is 2.03. The van der Waals surface area contributed by atoms with Gasteiger partial charge in [-0.2, -0.15) is 0 Å². The molecule has 0 aliphatic carbocycles. The Morgan fingerprint density at radius 1 is 1.33 bits per heavy atom. The molecule has 0 fully saturated rings. The van der Waals surface area contributed by atoms with E-state index >= 15 is 0 Å². The average Bonchev–Trinajstić information content (AvgIpc) is 2.35. The van der Waals surface area contributed by atoms with Crippen LogP contribution in [0.25, 0.3) is 0 Å². The lowest BCUT2D eigenvalue weighted by Gasteiger charge is -2.09. The summed E-state index contributed by atoms with van der Waals surface area (Å²) in [6, 6.07) is 0. The van der Waals surface area contributed by atoms with Crippen molar-refractivity contribution in [3.63, 3.8) is 0 Å². The van der Waals surface area contributed by atoms with Crippen LogP contribution in [0.4, 0.5) is 0 Å². The zero-order chi connectivity index (χ0) is 14.6. The first-order chi connectivity index (χ1) is 8.52. The Hall–Kier alpha value is -1.31. The summed E-state index contributed by atoms with van der Waals surface area (Å²) in [4.78, 5) is 11.8. The van der Waals surface area contributed by atoms with Crippen molar-refractivity contribution in [3.8, 4) is 0 Å². The molecule has 0 heterocycles. The van der Waals surface area contributed by atoms with Crippen molar-refractivity contribution in [2.24, 2.45) is 0 Å². The van der Waals surface area contributed by atoms with Crippen molar-refractivity contribution in [1.82, 2.24) is 0 Å². The van der Waals surface area contributed by atoms with Gasteiger partial charge in [-0.1, -0.05) is 52.0 Å². The minimum Gasteiger partial charge on any atom is -0.459 e. The summed E-state index contributed by atoms with van der Waals surface area (Å²) in [7, 11) is 0. The molecule has 0 N–H and O–H groups in total. The summed E-state index contributed by atoms with van der Waals surface area (Å²) in [5.41, 5.74) is 1.44. The number of unbranched alkanes of at least 4 members (excludes halogenated alkanes) is 1. The van der Waals surface area contributed by atoms with E-state index in [-0.39, 0.29) is 12.1 Å². The maximum absolute atomic E-state index is 11.8.